The van der Waals surface area contributed by atoms with E-state index in [4.69, 9.17) is 14.2 Å². The molecule has 8 heteroatoms. The fourth-order valence-electron chi connectivity index (χ4n) is 6.32. The van der Waals surface area contributed by atoms with Crippen molar-refractivity contribution in [2.45, 2.75) is 83.7 Å². The monoisotopic (exact) mass is 557 g/mol. The third kappa shape index (κ3) is 8.35. The minimum atomic E-state index is -0.00234. The quantitative estimate of drug-likeness (QED) is 0.313. The third-order valence-corrected chi connectivity index (χ3v) is 8.88. The second-order valence-corrected chi connectivity index (χ2v) is 12.3. The number of rotatable bonds is 15. The van der Waals surface area contributed by atoms with Crippen LogP contribution in [0.2, 0.25) is 0 Å². The molecular weight excluding hydrogens is 506 g/mol. The van der Waals surface area contributed by atoms with Crippen LogP contribution in [-0.2, 0) is 9.53 Å². The van der Waals surface area contributed by atoms with Gasteiger partial charge in [-0.3, -0.25) is 9.59 Å². The summed E-state index contributed by atoms with van der Waals surface area (Å²) in [5.74, 6) is 2.75. The average Bonchev–Trinajstić information content (AvgIpc) is 3.71. The number of nitrogens with zero attached hydrogens (tertiary/aromatic N) is 2. The van der Waals surface area contributed by atoms with Gasteiger partial charge in [-0.1, -0.05) is 19.3 Å². The van der Waals surface area contributed by atoms with Gasteiger partial charge < -0.3 is 29.3 Å². The Bertz CT molecular complexity index is 960. The molecule has 8 nitrogen and oxygen atoms in total. The molecule has 1 N–H and O–H groups in total. The Morgan fingerprint density at radius 2 is 1.68 bits per heavy atom. The number of amides is 2. The van der Waals surface area contributed by atoms with Crippen LogP contribution in [0.25, 0.3) is 0 Å². The van der Waals surface area contributed by atoms with Gasteiger partial charge >= 0.3 is 0 Å². The van der Waals surface area contributed by atoms with Crippen molar-refractivity contribution < 1.29 is 23.8 Å². The second-order valence-electron chi connectivity index (χ2n) is 12.3. The maximum atomic E-state index is 13.8. The van der Waals surface area contributed by atoms with Gasteiger partial charge in [-0.15, -0.1) is 0 Å². The second kappa shape index (κ2) is 15.1. The average molecular weight is 558 g/mol. The molecule has 2 amide bonds. The molecule has 1 saturated heterocycles. The summed E-state index contributed by atoms with van der Waals surface area (Å²) in [4.78, 5) is 31.4. The summed E-state index contributed by atoms with van der Waals surface area (Å²) in [6.07, 6.45) is 9.99. The van der Waals surface area contributed by atoms with Gasteiger partial charge in [-0.25, -0.2) is 0 Å². The molecule has 0 unspecified atom stereocenters. The zero-order valence-corrected chi connectivity index (χ0v) is 25.2. The van der Waals surface area contributed by atoms with Gasteiger partial charge in [0.1, 0.15) is 0 Å². The lowest BCUT2D eigenvalue weighted by Crippen LogP contribution is -2.45. The summed E-state index contributed by atoms with van der Waals surface area (Å²) in [5, 5.41) is 3.57. The van der Waals surface area contributed by atoms with Crippen molar-refractivity contribution in [2.75, 3.05) is 53.6 Å². The van der Waals surface area contributed by atoms with Crippen molar-refractivity contribution in [1.82, 2.24) is 15.1 Å². The SMILES string of the molecule is COCCCOc1cc(C(=O)N(C[C@@H]2CNC[C@H]2CN(C(=O)CC2CCCCC2)C2CC2)C(C)C)ccc1OC. The fraction of sp³-hybridized carbons (Fsp3) is 0.750. The number of nitrogens with one attached hydrogen (secondary N) is 1. The molecule has 0 spiro atoms. The maximum absolute atomic E-state index is 13.8. The van der Waals surface area contributed by atoms with Crippen LogP contribution in [0.15, 0.2) is 18.2 Å². The van der Waals surface area contributed by atoms with Crippen LogP contribution in [0.1, 0.15) is 82.0 Å². The normalized spacial score (nSPS) is 21.4. The summed E-state index contributed by atoms with van der Waals surface area (Å²) in [6.45, 7) is 8.48. The minimum Gasteiger partial charge on any atom is -0.493 e. The highest BCUT2D eigenvalue weighted by atomic mass is 16.5. The molecule has 0 aromatic heterocycles. The molecule has 0 radical (unpaired) electrons. The van der Waals surface area contributed by atoms with Crippen molar-refractivity contribution in [1.29, 1.82) is 0 Å². The molecule has 1 heterocycles. The molecular formula is C32H51N3O5. The Balaban J connectivity index is 1.40. The van der Waals surface area contributed by atoms with Gasteiger partial charge in [0.05, 0.1) is 13.7 Å². The standard InChI is InChI=1S/C32H51N3O5/c1-23(2)34(32(37)25-11-14-29(39-4)30(18-25)40-16-8-15-38-3)21-26-19-33-20-27(26)22-35(28-12-13-28)31(36)17-24-9-6-5-7-10-24/h11,14,18,23-24,26-28,33H,5-10,12-13,15-17,19-22H2,1-4H3/t26-,27-/m0/s1. The summed E-state index contributed by atoms with van der Waals surface area (Å²) < 4.78 is 16.5. The van der Waals surface area contributed by atoms with Crippen molar-refractivity contribution in [2.24, 2.45) is 17.8 Å². The lowest BCUT2D eigenvalue weighted by atomic mass is 9.86. The van der Waals surface area contributed by atoms with Crippen LogP contribution in [0, 0.1) is 17.8 Å². The molecule has 2 aliphatic carbocycles. The van der Waals surface area contributed by atoms with Crippen molar-refractivity contribution >= 4 is 11.8 Å². The molecule has 2 saturated carbocycles. The summed E-state index contributed by atoms with van der Waals surface area (Å²) in [5.41, 5.74) is 0.598. The van der Waals surface area contributed by atoms with E-state index in [-0.39, 0.29) is 11.9 Å². The van der Waals surface area contributed by atoms with Crippen LogP contribution in [-0.4, -0.2) is 87.3 Å². The summed E-state index contributed by atoms with van der Waals surface area (Å²) in [7, 11) is 3.28. The van der Waals surface area contributed by atoms with E-state index >= 15 is 0 Å². The topological polar surface area (TPSA) is 80.3 Å². The Morgan fingerprint density at radius 3 is 2.33 bits per heavy atom. The lowest BCUT2D eigenvalue weighted by molar-refractivity contribution is -0.133. The van der Waals surface area contributed by atoms with Crippen LogP contribution < -0.4 is 14.8 Å². The minimum absolute atomic E-state index is 0.00234. The number of carbonyl (C=O) groups is 2. The van der Waals surface area contributed by atoms with Gasteiger partial charge in [-0.2, -0.15) is 0 Å². The van der Waals surface area contributed by atoms with E-state index in [9.17, 15) is 9.59 Å². The zero-order chi connectivity index (χ0) is 28.5. The van der Waals surface area contributed by atoms with E-state index in [1.54, 1.807) is 20.3 Å². The molecule has 1 aromatic rings. The van der Waals surface area contributed by atoms with E-state index in [1.807, 2.05) is 17.0 Å². The number of carbonyl (C=O) groups excluding carboxylic acids is 2. The van der Waals surface area contributed by atoms with Gasteiger partial charge in [0.2, 0.25) is 5.91 Å². The number of benzene rings is 1. The highest BCUT2D eigenvalue weighted by Crippen LogP contribution is 2.34. The highest BCUT2D eigenvalue weighted by Gasteiger charge is 2.39. The van der Waals surface area contributed by atoms with Gasteiger partial charge in [0.15, 0.2) is 11.5 Å². The van der Waals surface area contributed by atoms with E-state index in [0.717, 1.165) is 38.9 Å². The van der Waals surface area contributed by atoms with Crippen molar-refractivity contribution in [3.8, 4) is 11.5 Å². The predicted octanol–water partition coefficient (Wildman–Crippen LogP) is 4.76. The van der Waals surface area contributed by atoms with Crippen LogP contribution >= 0.6 is 0 Å². The Labute approximate surface area is 241 Å². The molecule has 40 heavy (non-hydrogen) atoms. The molecule has 1 aliphatic heterocycles. The smallest absolute Gasteiger partial charge is 0.254 e. The van der Waals surface area contributed by atoms with Crippen molar-refractivity contribution in [3.05, 3.63) is 23.8 Å². The maximum Gasteiger partial charge on any atom is 0.254 e. The Morgan fingerprint density at radius 1 is 0.950 bits per heavy atom. The molecule has 0 bridgehead atoms. The van der Waals surface area contributed by atoms with Gasteiger partial charge in [0, 0.05) is 70.4 Å². The lowest BCUT2D eigenvalue weighted by Gasteiger charge is -2.34. The van der Waals surface area contributed by atoms with E-state index in [0.29, 0.717) is 72.9 Å². The molecule has 3 aliphatic rings. The molecule has 224 valence electrons. The summed E-state index contributed by atoms with van der Waals surface area (Å²) >= 11 is 0. The summed E-state index contributed by atoms with van der Waals surface area (Å²) in [6, 6.07) is 5.90. The van der Waals surface area contributed by atoms with E-state index < -0.39 is 0 Å². The van der Waals surface area contributed by atoms with Crippen LogP contribution in [0.4, 0.5) is 0 Å². The first-order valence-corrected chi connectivity index (χ1v) is 15.5. The first kappa shape index (κ1) is 30.6. The number of methoxy groups -OCH3 is 2. The number of hydrogen-bond acceptors (Lipinski definition) is 6. The zero-order valence-electron chi connectivity index (χ0n) is 25.2. The molecule has 3 fully saturated rings. The fourth-order valence-corrected chi connectivity index (χ4v) is 6.32. The van der Waals surface area contributed by atoms with Gasteiger partial charge in [-0.05, 0) is 75.5 Å². The van der Waals surface area contributed by atoms with Crippen molar-refractivity contribution in [3.63, 3.8) is 0 Å². The molecule has 2 atom stereocenters. The first-order chi connectivity index (χ1) is 19.4. The van der Waals surface area contributed by atoms with E-state index in [2.05, 4.69) is 24.1 Å². The van der Waals surface area contributed by atoms with Crippen LogP contribution in [0.3, 0.4) is 0 Å². The van der Waals surface area contributed by atoms with E-state index in [1.165, 1.54) is 32.1 Å². The number of hydrogen-bond donors (Lipinski definition) is 1. The number of ether oxygens (including phenoxy) is 3. The molecule has 4 rings (SSSR count). The Kier molecular flexibility index (Phi) is 11.5. The highest BCUT2D eigenvalue weighted by molar-refractivity contribution is 5.95. The Hall–Kier alpha value is -2.32. The van der Waals surface area contributed by atoms with Gasteiger partial charge in [0.25, 0.3) is 5.91 Å². The largest absolute Gasteiger partial charge is 0.493 e. The first-order valence-electron chi connectivity index (χ1n) is 15.5. The molecule has 1 aromatic carbocycles. The van der Waals surface area contributed by atoms with Crippen LogP contribution in [0.5, 0.6) is 11.5 Å². The predicted molar refractivity (Wildman–Crippen MR) is 157 cm³/mol. The third-order valence-electron chi connectivity index (χ3n) is 8.88.